The number of hydrogen-bond donors (Lipinski definition) is 2. The molecule has 0 aliphatic rings. The number of methoxy groups -OCH3 is 2. The quantitative estimate of drug-likeness (QED) is 0.818. The van der Waals surface area contributed by atoms with Crippen molar-refractivity contribution in [3.8, 4) is 11.6 Å². The van der Waals surface area contributed by atoms with Gasteiger partial charge in [0.25, 0.3) is 0 Å². The molecule has 2 rings (SSSR count). The molecule has 0 aliphatic heterocycles. The maximum Gasteiger partial charge on any atom is 0.315 e. The Balaban J connectivity index is 1.76. The molecule has 0 spiro atoms. The number of amides is 2. The lowest BCUT2D eigenvalue weighted by molar-refractivity contribution is 0.240. The Morgan fingerprint density at radius 2 is 1.96 bits per heavy atom. The van der Waals surface area contributed by atoms with E-state index in [0.29, 0.717) is 25.4 Å². The summed E-state index contributed by atoms with van der Waals surface area (Å²) in [4.78, 5) is 15.9. The number of rotatable bonds is 7. The number of hydrogen-bond acceptors (Lipinski definition) is 4. The zero-order valence-corrected chi connectivity index (χ0v) is 14.3. The normalized spacial score (nSPS) is 10.1. The van der Waals surface area contributed by atoms with E-state index in [9.17, 15) is 4.79 Å². The van der Waals surface area contributed by atoms with Crippen LogP contribution in [0.5, 0.6) is 11.6 Å². The molecule has 0 atom stereocenters. The summed E-state index contributed by atoms with van der Waals surface area (Å²) < 4.78 is 10.3. The van der Waals surface area contributed by atoms with E-state index < -0.39 is 0 Å². The molecule has 0 aliphatic carbocycles. The van der Waals surface area contributed by atoms with Crippen LogP contribution in [0.4, 0.5) is 4.79 Å². The van der Waals surface area contributed by atoms with E-state index in [1.807, 2.05) is 25.1 Å². The van der Waals surface area contributed by atoms with Gasteiger partial charge in [-0.25, -0.2) is 9.78 Å². The van der Waals surface area contributed by atoms with E-state index in [0.717, 1.165) is 16.9 Å². The largest absolute Gasteiger partial charge is 0.496 e. The van der Waals surface area contributed by atoms with Crippen LogP contribution in [0.3, 0.4) is 0 Å². The van der Waals surface area contributed by atoms with Crippen molar-refractivity contribution < 1.29 is 14.3 Å². The summed E-state index contributed by atoms with van der Waals surface area (Å²) in [5.41, 5.74) is 3.16. The molecular formula is C18H23N3O3. The third-order valence-electron chi connectivity index (χ3n) is 3.58. The molecule has 2 N–H and O–H groups in total. The van der Waals surface area contributed by atoms with Gasteiger partial charge in [-0.1, -0.05) is 23.8 Å². The first-order chi connectivity index (χ1) is 11.6. The lowest BCUT2D eigenvalue weighted by atomic mass is 10.1. The standard InChI is InChI=1S/C18H23N3O3/c1-13-4-6-16(23-2)15(10-13)8-9-19-18(22)21-12-14-5-7-17(24-3)20-11-14/h4-7,10-11H,8-9,12H2,1-3H3,(H2,19,21,22). The molecular weight excluding hydrogens is 306 g/mol. The highest BCUT2D eigenvalue weighted by molar-refractivity contribution is 5.73. The first-order valence-electron chi connectivity index (χ1n) is 7.76. The highest BCUT2D eigenvalue weighted by Gasteiger charge is 2.05. The highest BCUT2D eigenvalue weighted by Crippen LogP contribution is 2.19. The van der Waals surface area contributed by atoms with Gasteiger partial charge in [0.2, 0.25) is 5.88 Å². The smallest absolute Gasteiger partial charge is 0.315 e. The van der Waals surface area contributed by atoms with Crippen molar-refractivity contribution >= 4 is 6.03 Å². The summed E-state index contributed by atoms with van der Waals surface area (Å²) in [7, 11) is 3.22. The third-order valence-corrected chi connectivity index (χ3v) is 3.58. The van der Waals surface area contributed by atoms with Crippen LogP contribution in [0, 0.1) is 6.92 Å². The lowest BCUT2D eigenvalue weighted by Gasteiger charge is -2.11. The van der Waals surface area contributed by atoms with E-state index >= 15 is 0 Å². The summed E-state index contributed by atoms with van der Waals surface area (Å²) in [5, 5.41) is 5.64. The van der Waals surface area contributed by atoms with Crippen LogP contribution in [0.1, 0.15) is 16.7 Å². The average molecular weight is 329 g/mol. The predicted octanol–water partition coefficient (Wildman–Crippen LogP) is 2.45. The number of aromatic nitrogens is 1. The van der Waals surface area contributed by atoms with Gasteiger partial charge in [-0.15, -0.1) is 0 Å². The van der Waals surface area contributed by atoms with Crippen molar-refractivity contribution in [3.63, 3.8) is 0 Å². The van der Waals surface area contributed by atoms with Crippen LogP contribution >= 0.6 is 0 Å². The SMILES string of the molecule is COc1ccc(CNC(=O)NCCc2cc(C)ccc2OC)cn1. The van der Waals surface area contributed by atoms with Gasteiger partial charge < -0.3 is 20.1 Å². The van der Waals surface area contributed by atoms with Crippen molar-refractivity contribution in [2.75, 3.05) is 20.8 Å². The summed E-state index contributed by atoms with van der Waals surface area (Å²) in [6, 6.07) is 9.44. The zero-order valence-electron chi connectivity index (χ0n) is 14.3. The second-order valence-electron chi connectivity index (χ2n) is 5.38. The number of carbonyl (C=O) groups excluding carboxylic acids is 1. The minimum absolute atomic E-state index is 0.211. The van der Waals surface area contributed by atoms with Crippen molar-refractivity contribution in [1.29, 1.82) is 0 Å². The molecule has 0 bridgehead atoms. The summed E-state index contributed by atoms with van der Waals surface area (Å²) >= 11 is 0. The van der Waals surface area contributed by atoms with Gasteiger partial charge in [0.15, 0.2) is 0 Å². The van der Waals surface area contributed by atoms with Crippen molar-refractivity contribution in [1.82, 2.24) is 15.6 Å². The van der Waals surface area contributed by atoms with Crippen LogP contribution in [0.15, 0.2) is 36.5 Å². The van der Waals surface area contributed by atoms with Crippen molar-refractivity contribution in [2.45, 2.75) is 19.9 Å². The zero-order chi connectivity index (χ0) is 17.4. The van der Waals surface area contributed by atoms with Crippen molar-refractivity contribution in [3.05, 3.63) is 53.2 Å². The van der Waals surface area contributed by atoms with Crippen LogP contribution in [-0.4, -0.2) is 31.8 Å². The van der Waals surface area contributed by atoms with Crippen LogP contribution in [-0.2, 0) is 13.0 Å². The first kappa shape index (κ1) is 17.6. The molecule has 0 saturated heterocycles. The van der Waals surface area contributed by atoms with Crippen LogP contribution < -0.4 is 20.1 Å². The number of benzene rings is 1. The number of ether oxygens (including phenoxy) is 2. The molecule has 1 aromatic heterocycles. The van der Waals surface area contributed by atoms with Gasteiger partial charge >= 0.3 is 6.03 Å². The molecule has 1 heterocycles. The van der Waals surface area contributed by atoms with E-state index in [2.05, 4.69) is 21.7 Å². The van der Waals surface area contributed by atoms with Gasteiger partial charge in [-0.3, -0.25) is 0 Å². The average Bonchev–Trinajstić information content (AvgIpc) is 2.60. The lowest BCUT2D eigenvalue weighted by Crippen LogP contribution is -2.36. The van der Waals surface area contributed by atoms with E-state index in [1.165, 1.54) is 5.56 Å². The Morgan fingerprint density at radius 3 is 2.62 bits per heavy atom. The topological polar surface area (TPSA) is 72.5 Å². The number of nitrogens with zero attached hydrogens (tertiary/aromatic N) is 1. The number of pyridine rings is 1. The molecule has 2 aromatic rings. The van der Waals surface area contributed by atoms with Crippen LogP contribution in [0.25, 0.3) is 0 Å². The number of carbonyl (C=O) groups is 1. The molecule has 0 saturated carbocycles. The molecule has 6 heteroatoms. The monoisotopic (exact) mass is 329 g/mol. The number of aryl methyl sites for hydroxylation is 1. The van der Waals surface area contributed by atoms with Gasteiger partial charge in [-0.05, 0) is 30.5 Å². The fraction of sp³-hybridized carbons (Fsp3) is 0.333. The molecule has 24 heavy (non-hydrogen) atoms. The van der Waals surface area contributed by atoms with Gasteiger partial charge in [0, 0.05) is 25.4 Å². The van der Waals surface area contributed by atoms with E-state index in [1.54, 1.807) is 26.5 Å². The molecule has 1 aromatic carbocycles. The fourth-order valence-electron chi connectivity index (χ4n) is 2.29. The summed E-state index contributed by atoms with van der Waals surface area (Å²) in [5.74, 6) is 1.39. The molecule has 0 radical (unpaired) electrons. The predicted molar refractivity (Wildman–Crippen MR) is 92.5 cm³/mol. The Hall–Kier alpha value is -2.76. The maximum absolute atomic E-state index is 11.9. The highest BCUT2D eigenvalue weighted by atomic mass is 16.5. The molecule has 6 nitrogen and oxygen atoms in total. The second-order valence-corrected chi connectivity index (χ2v) is 5.38. The molecule has 0 fully saturated rings. The summed E-state index contributed by atoms with van der Waals surface area (Å²) in [6.07, 6.45) is 2.39. The molecule has 128 valence electrons. The van der Waals surface area contributed by atoms with Gasteiger partial charge in [0.05, 0.1) is 14.2 Å². The second kappa shape index (κ2) is 8.76. The van der Waals surface area contributed by atoms with Gasteiger partial charge in [-0.2, -0.15) is 0 Å². The minimum atomic E-state index is -0.211. The Labute approximate surface area is 142 Å². The van der Waals surface area contributed by atoms with E-state index in [4.69, 9.17) is 9.47 Å². The minimum Gasteiger partial charge on any atom is -0.496 e. The number of urea groups is 1. The Morgan fingerprint density at radius 1 is 1.12 bits per heavy atom. The molecule has 2 amide bonds. The Bertz CT molecular complexity index is 672. The first-order valence-corrected chi connectivity index (χ1v) is 7.76. The van der Waals surface area contributed by atoms with Crippen molar-refractivity contribution in [2.24, 2.45) is 0 Å². The maximum atomic E-state index is 11.9. The number of nitrogens with one attached hydrogen (secondary N) is 2. The third kappa shape index (κ3) is 5.15. The van der Waals surface area contributed by atoms with Crippen LogP contribution in [0.2, 0.25) is 0 Å². The summed E-state index contributed by atoms with van der Waals surface area (Å²) in [6.45, 7) is 2.98. The molecule has 0 unspecified atom stereocenters. The fourth-order valence-corrected chi connectivity index (χ4v) is 2.29. The van der Waals surface area contributed by atoms with E-state index in [-0.39, 0.29) is 6.03 Å². The Kier molecular flexibility index (Phi) is 6.42. The van der Waals surface area contributed by atoms with Gasteiger partial charge in [0.1, 0.15) is 5.75 Å².